The number of sulfonamides is 1. The van der Waals surface area contributed by atoms with E-state index < -0.39 is 28.5 Å². The van der Waals surface area contributed by atoms with Crippen LogP contribution in [-0.4, -0.2) is 43.8 Å². The fraction of sp³-hybridized carbons (Fsp3) is 0.333. The maximum absolute atomic E-state index is 14.8. The van der Waals surface area contributed by atoms with E-state index in [2.05, 4.69) is 5.32 Å². The second kappa shape index (κ2) is 15.0. The first-order valence-corrected chi connectivity index (χ1v) is 17.8. The van der Waals surface area contributed by atoms with E-state index in [1.807, 2.05) is 88.4 Å². The summed E-state index contributed by atoms with van der Waals surface area (Å²) < 4.78 is 29.9. The molecule has 1 atom stereocenters. The number of rotatable bonds is 12. The summed E-state index contributed by atoms with van der Waals surface area (Å²) >= 11 is 0. The number of hydrogen-bond acceptors (Lipinski definition) is 4. The Balaban J connectivity index is 1.59. The molecule has 246 valence electrons. The van der Waals surface area contributed by atoms with E-state index >= 15 is 0 Å². The Morgan fingerprint density at radius 2 is 1.45 bits per heavy atom. The van der Waals surface area contributed by atoms with Gasteiger partial charge in [-0.3, -0.25) is 13.9 Å². The van der Waals surface area contributed by atoms with Gasteiger partial charge in [-0.25, -0.2) is 8.42 Å². The molecule has 1 N–H and O–H groups in total. The van der Waals surface area contributed by atoms with Crippen LogP contribution in [0.25, 0.3) is 0 Å². The van der Waals surface area contributed by atoms with Gasteiger partial charge in [0.15, 0.2) is 0 Å². The lowest BCUT2D eigenvalue weighted by molar-refractivity contribution is -0.140. The van der Waals surface area contributed by atoms with E-state index in [0.717, 1.165) is 59.1 Å². The second-order valence-electron chi connectivity index (χ2n) is 12.7. The molecule has 2 amide bonds. The summed E-state index contributed by atoms with van der Waals surface area (Å²) in [5.74, 6) is -0.674. The molecule has 0 aliphatic heterocycles. The number of carbonyl (C=O) groups is 2. The Hall–Kier alpha value is -4.43. The molecule has 47 heavy (non-hydrogen) atoms. The van der Waals surface area contributed by atoms with Crippen LogP contribution in [0, 0.1) is 27.7 Å². The third kappa shape index (κ3) is 8.30. The van der Waals surface area contributed by atoms with Crippen molar-refractivity contribution < 1.29 is 18.0 Å². The standard InChI is InChI=1S/C39H45N3O4S/c1-28-20-22-35(23-21-28)47(45,46)42(36-19-11-13-30(3)31(36)4)27-38(43)41(26-33-16-10-12-29(2)24-33)37(25-32-14-6-5-7-15-32)39(44)40-34-17-8-9-18-34/h5-7,10-16,19-24,34,37H,8-9,17-18,25-27H2,1-4H3,(H,40,44)/t37-/m0/s1. The first-order valence-electron chi connectivity index (χ1n) is 16.4. The Kier molecular flexibility index (Phi) is 10.8. The molecule has 7 nitrogen and oxygen atoms in total. The van der Waals surface area contributed by atoms with E-state index in [4.69, 9.17) is 0 Å². The van der Waals surface area contributed by atoms with Gasteiger partial charge in [0.05, 0.1) is 10.6 Å². The number of benzene rings is 4. The number of hydrogen-bond donors (Lipinski definition) is 1. The van der Waals surface area contributed by atoms with Crippen LogP contribution in [0.15, 0.2) is 102 Å². The molecular weight excluding hydrogens is 607 g/mol. The topological polar surface area (TPSA) is 86.8 Å². The average molecular weight is 652 g/mol. The molecule has 8 heteroatoms. The predicted octanol–water partition coefficient (Wildman–Crippen LogP) is 6.81. The largest absolute Gasteiger partial charge is 0.352 e. The minimum absolute atomic E-state index is 0.0602. The van der Waals surface area contributed by atoms with E-state index in [1.54, 1.807) is 41.3 Å². The van der Waals surface area contributed by atoms with Gasteiger partial charge >= 0.3 is 0 Å². The van der Waals surface area contributed by atoms with Gasteiger partial charge in [-0.2, -0.15) is 0 Å². The molecule has 4 aromatic carbocycles. The fourth-order valence-electron chi connectivity index (χ4n) is 6.29. The van der Waals surface area contributed by atoms with Crippen molar-refractivity contribution in [3.8, 4) is 0 Å². The van der Waals surface area contributed by atoms with Crippen LogP contribution in [0.2, 0.25) is 0 Å². The van der Waals surface area contributed by atoms with Crippen molar-refractivity contribution in [3.63, 3.8) is 0 Å². The summed E-state index contributed by atoms with van der Waals surface area (Å²) in [4.78, 5) is 30.6. The number of nitrogens with zero attached hydrogens (tertiary/aromatic N) is 2. The van der Waals surface area contributed by atoms with Gasteiger partial charge in [-0.1, -0.05) is 103 Å². The third-order valence-electron chi connectivity index (χ3n) is 9.14. The molecule has 0 aromatic heterocycles. The molecule has 1 aliphatic carbocycles. The zero-order chi connectivity index (χ0) is 33.6. The monoisotopic (exact) mass is 651 g/mol. The van der Waals surface area contributed by atoms with E-state index in [0.29, 0.717) is 12.1 Å². The molecule has 0 heterocycles. The van der Waals surface area contributed by atoms with E-state index in [1.165, 1.54) is 4.31 Å². The number of anilines is 1. The van der Waals surface area contributed by atoms with E-state index in [9.17, 15) is 18.0 Å². The lowest BCUT2D eigenvalue weighted by atomic mass is 10.0. The highest BCUT2D eigenvalue weighted by molar-refractivity contribution is 7.92. The maximum Gasteiger partial charge on any atom is 0.264 e. The summed E-state index contributed by atoms with van der Waals surface area (Å²) in [6.07, 6.45) is 4.23. The molecule has 1 saturated carbocycles. The van der Waals surface area contributed by atoms with Crippen LogP contribution in [-0.2, 0) is 32.6 Å². The molecule has 1 fully saturated rings. The van der Waals surface area contributed by atoms with Crippen molar-refractivity contribution in [2.45, 2.75) is 83.3 Å². The number of aryl methyl sites for hydroxylation is 3. The summed E-state index contributed by atoms with van der Waals surface area (Å²) in [6, 6.07) is 28.9. The zero-order valence-corrected chi connectivity index (χ0v) is 28.6. The molecule has 4 aromatic rings. The first-order chi connectivity index (χ1) is 22.5. The highest BCUT2D eigenvalue weighted by Gasteiger charge is 2.36. The van der Waals surface area contributed by atoms with Crippen molar-refractivity contribution in [1.29, 1.82) is 0 Å². The van der Waals surface area contributed by atoms with Crippen molar-refractivity contribution in [2.24, 2.45) is 0 Å². The van der Waals surface area contributed by atoms with Crippen LogP contribution >= 0.6 is 0 Å². The number of nitrogens with one attached hydrogen (secondary N) is 1. The van der Waals surface area contributed by atoms with Crippen LogP contribution in [0.5, 0.6) is 0 Å². The molecular formula is C39H45N3O4S. The van der Waals surface area contributed by atoms with Crippen molar-refractivity contribution >= 4 is 27.5 Å². The lowest BCUT2D eigenvalue weighted by Gasteiger charge is -2.35. The van der Waals surface area contributed by atoms with Crippen LogP contribution in [0.4, 0.5) is 5.69 Å². The van der Waals surface area contributed by atoms with Crippen LogP contribution in [0.1, 0.15) is 59.1 Å². The summed E-state index contributed by atoms with van der Waals surface area (Å²) in [5, 5.41) is 3.23. The van der Waals surface area contributed by atoms with Gasteiger partial charge < -0.3 is 10.2 Å². The quantitative estimate of drug-likeness (QED) is 0.182. The normalized spacial score (nSPS) is 14.0. The number of amides is 2. The van der Waals surface area contributed by atoms with E-state index in [-0.39, 0.29) is 23.4 Å². The Morgan fingerprint density at radius 3 is 2.13 bits per heavy atom. The number of carbonyl (C=O) groups excluding carboxylic acids is 2. The van der Waals surface area contributed by atoms with Gasteiger partial charge in [-0.05, 0) is 81.0 Å². The van der Waals surface area contributed by atoms with Crippen LogP contribution < -0.4 is 9.62 Å². The molecule has 0 saturated heterocycles. The Labute approximate surface area is 279 Å². The summed E-state index contributed by atoms with van der Waals surface area (Å²) in [5.41, 5.74) is 5.85. The highest BCUT2D eigenvalue weighted by Crippen LogP contribution is 2.30. The van der Waals surface area contributed by atoms with Gasteiger partial charge in [0.25, 0.3) is 10.0 Å². The van der Waals surface area contributed by atoms with Crippen molar-refractivity contribution in [1.82, 2.24) is 10.2 Å². The van der Waals surface area contributed by atoms with Crippen molar-refractivity contribution in [3.05, 3.63) is 130 Å². The molecule has 0 bridgehead atoms. The third-order valence-corrected chi connectivity index (χ3v) is 10.9. The molecule has 0 spiro atoms. The smallest absolute Gasteiger partial charge is 0.264 e. The van der Waals surface area contributed by atoms with Gasteiger partial charge in [0.2, 0.25) is 11.8 Å². The molecule has 0 radical (unpaired) electrons. The summed E-state index contributed by atoms with van der Waals surface area (Å²) in [7, 11) is -4.16. The van der Waals surface area contributed by atoms with Crippen molar-refractivity contribution in [2.75, 3.05) is 10.8 Å². The van der Waals surface area contributed by atoms with Crippen LogP contribution in [0.3, 0.4) is 0 Å². The lowest BCUT2D eigenvalue weighted by Crippen LogP contribution is -2.54. The van der Waals surface area contributed by atoms with Gasteiger partial charge in [-0.15, -0.1) is 0 Å². The molecule has 0 unspecified atom stereocenters. The molecule has 5 rings (SSSR count). The predicted molar refractivity (Wildman–Crippen MR) is 188 cm³/mol. The maximum atomic E-state index is 14.8. The fourth-order valence-corrected chi connectivity index (χ4v) is 7.76. The molecule has 1 aliphatic rings. The first kappa shape index (κ1) is 33.9. The van der Waals surface area contributed by atoms with Gasteiger partial charge in [0, 0.05) is 19.0 Å². The minimum Gasteiger partial charge on any atom is -0.352 e. The highest BCUT2D eigenvalue weighted by atomic mass is 32.2. The Bertz CT molecular complexity index is 1800. The Morgan fingerprint density at radius 1 is 0.787 bits per heavy atom. The van der Waals surface area contributed by atoms with Gasteiger partial charge in [0.1, 0.15) is 12.6 Å². The zero-order valence-electron chi connectivity index (χ0n) is 27.8. The SMILES string of the molecule is Cc1ccc(S(=O)(=O)N(CC(=O)N(Cc2cccc(C)c2)[C@@H](Cc2ccccc2)C(=O)NC2CCCC2)c2cccc(C)c2C)cc1. The minimum atomic E-state index is -4.16. The summed E-state index contributed by atoms with van der Waals surface area (Å²) in [6.45, 7) is 7.36. The second-order valence-corrected chi connectivity index (χ2v) is 14.6. The average Bonchev–Trinajstić information content (AvgIpc) is 3.56.